The number of hydrogen-bond acceptors (Lipinski definition) is 4. The van der Waals surface area contributed by atoms with Crippen LogP contribution in [0.3, 0.4) is 0 Å². The van der Waals surface area contributed by atoms with Crippen LogP contribution in [-0.4, -0.2) is 31.4 Å². The highest BCUT2D eigenvalue weighted by atomic mass is 15.2. The molecule has 0 amide bonds. The van der Waals surface area contributed by atoms with E-state index in [-0.39, 0.29) is 0 Å². The Balaban J connectivity index is 1.68. The van der Waals surface area contributed by atoms with Gasteiger partial charge in [-0.1, -0.05) is 12.1 Å². The maximum absolute atomic E-state index is 4.77. The number of nitrogens with zero attached hydrogens (tertiary/aromatic N) is 4. The zero-order valence-corrected chi connectivity index (χ0v) is 16.1. The molecule has 3 aromatic heterocycles. The summed E-state index contributed by atoms with van der Waals surface area (Å²) in [6.07, 6.45) is 12.0. The van der Waals surface area contributed by atoms with E-state index in [0.29, 0.717) is 12.1 Å². The first kappa shape index (κ1) is 17.9. The molecule has 27 heavy (non-hydrogen) atoms. The highest BCUT2D eigenvalue weighted by Gasteiger charge is 2.34. The van der Waals surface area contributed by atoms with E-state index in [1.54, 1.807) is 6.33 Å². The van der Waals surface area contributed by atoms with Crippen LogP contribution in [0.5, 0.6) is 0 Å². The normalized spacial score (nSPS) is 20.7. The summed E-state index contributed by atoms with van der Waals surface area (Å²) in [6, 6.07) is 9.05. The van der Waals surface area contributed by atoms with Crippen molar-refractivity contribution in [1.82, 2.24) is 24.8 Å². The molecule has 1 unspecified atom stereocenters. The lowest BCUT2D eigenvalue weighted by Crippen LogP contribution is -2.39. The van der Waals surface area contributed by atoms with Gasteiger partial charge in [-0.25, -0.2) is 4.98 Å². The van der Waals surface area contributed by atoms with Gasteiger partial charge in [0.05, 0.1) is 29.8 Å². The molecular formula is C22H27N5. The number of aromatic amines is 1. The van der Waals surface area contributed by atoms with Gasteiger partial charge in [0.25, 0.3) is 0 Å². The summed E-state index contributed by atoms with van der Waals surface area (Å²) in [5.41, 5.74) is 6.13. The third-order valence-corrected chi connectivity index (χ3v) is 5.68. The molecule has 0 radical (unpaired) electrons. The summed E-state index contributed by atoms with van der Waals surface area (Å²) >= 11 is 0. The molecule has 1 saturated heterocycles. The molecule has 4 rings (SSSR count). The van der Waals surface area contributed by atoms with Crippen molar-refractivity contribution in [2.75, 3.05) is 6.54 Å². The lowest BCUT2D eigenvalue weighted by Gasteiger charge is -2.42. The van der Waals surface area contributed by atoms with Gasteiger partial charge in [-0.15, -0.1) is 0 Å². The lowest BCUT2D eigenvalue weighted by molar-refractivity contribution is 0.0773. The van der Waals surface area contributed by atoms with Crippen molar-refractivity contribution in [3.8, 4) is 0 Å². The summed E-state index contributed by atoms with van der Waals surface area (Å²) in [4.78, 5) is 19.6. The molecule has 1 fully saturated rings. The highest BCUT2D eigenvalue weighted by molar-refractivity contribution is 5.26. The molecule has 3 aromatic rings. The molecule has 1 aliphatic heterocycles. The summed E-state index contributed by atoms with van der Waals surface area (Å²) in [7, 11) is 0. The van der Waals surface area contributed by atoms with Crippen LogP contribution in [0.25, 0.3) is 0 Å². The van der Waals surface area contributed by atoms with E-state index in [0.717, 1.165) is 25.8 Å². The number of rotatable bonds is 5. The molecule has 1 N–H and O–H groups in total. The number of likely N-dealkylation sites (tertiary alicyclic amines) is 1. The first-order valence-electron chi connectivity index (χ1n) is 9.80. The van der Waals surface area contributed by atoms with E-state index in [9.17, 15) is 0 Å². The minimum Gasteiger partial charge on any atom is -0.348 e. The Morgan fingerprint density at radius 1 is 1.00 bits per heavy atom. The monoisotopic (exact) mass is 361 g/mol. The van der Waals surface area contributed by atoms with E-state index >= 15 is 0 Å². The van der Waals surface area contributed by atoms with E-state index in [1.807, 2.05) is 30.7 Å². The molecule has 5 nitrogen and oxygen atoms in total. The fourth-order valence-corrected chi connectivity index (χ4v) is 4.32. The second-order valence-corrected chi connectivity index (χ2v) is 7.44. The maximum atomic E-state index is 4.77. The average Bonchev–Trinajstić information content (AvgIpc) is 3.21. The van der Waals surface area contributed by atoms with E-state index < -0.39 is 0 Å². The van der Waals surface area contributed by atoms with Crippen LogP contribution in [0.4, 0.5) is 0 Å². The molecule has 0 saturated carbocycles. The van der Waals surface area contributed by atoms with Crippen molar-refractivity contribution in [3.05, 3.63) is 77.4 Å². The maximum Gasteiger partial charge on any atom is 0.0921 e. The molecule has 140 valence electrons. The van der Waals surface area contributed by atoms with Crippen LogP contribution in [-0.2, 0) is 6.42 Å². The fraction of sp³-hybridized carbons (Fsp3) is 0.409. The predicted octanol–water partition coefficient (Wildman–Crippen LogP) is 4.33. The standard InChI is InChI=1S/C22H27N5/c1-16-6-4-11-24-21(16)19-8-3-9-20(22-17(2)7-5-12-25-22)27(19)13-10-18-14-23-15-26-18/h4-7,11-12,14-15,19-20H,3,8-10,13H2,1-2H3,(H,23,26)/t19-,20?/m1/s1. The molecule has 0 spiro atoms. The smallest absolute Gasteiger partial charge is 0.0921 e. The van der Waals surface area contributed by atoms with Gasteiger partial charge in [0, 0.05) is 37.3 Å². The van der Waals surface area contributed by atoms with Gasteiger partial charge < -0.3 is 4.98 Å². The average molecular weight is 361 g/mol. The van der Waals surface area contributed by atoms with E-state index in [1.165, 1.54) is 34.6 Å². The molecule has 1 aliphatic rings. The van der Waals surface area contributed by atoms with E-state index in [4.69, 9.17) is 9.97 Å². The van der Waals surface area contributed by atoms with Crippen LogP contribution < -0.4 is 0 Å². The topological polar surface area (TPSA) is 57.7 Å². The fourth-order valence-electron chi connectivity index (χ4n) is 4.32. The van der Waals surface area contributed by atoms with Crippen LogP contribution >= 0.6 is 0 Å². The number of imidazole rings is 1. The van der Waals surface area contributed by atoms with Gasteiger partial charge in [0.15, 0.2) is 0 Å². The summed E-state index contributed by atoms with van der Waals surface area (Å²) in [5, 5.41) is 0. The Morgan fingerprint density at radius 2 is 1.63 bits per heavy atom. The van der Waals surface area contributed by atoms with Crippen molar-refractivity contribution in [3.63, 3.8) is 0 Å². The quantitative estimate of drug-likeness (QED) is 0.735. The largest absolute Gasteiger partial charge is 0.348 e. The Labute approximate surface area is 160 Å². The number of nitrogens with one attached hydrogen (secondary N) is 1. The molecule has 4 heterocycles. The number of aromatic nitrogens is 4. The van der Waals surface area contributed by atoms with Crippen molar-refractivity contribution in [1.29, 1.82) is 0 Å². The second kappa shape index (κ2) is 8.01. The predicted molar refractivity (Wildman–Crippen MR) is 106 cm³/mol. The van der Waals surface area contributed by atoms with Crippen molar-refractivity contribution < 1.29 is 0 Å². The van der Waals surface area contributed by atoms with Crippen LogP contribution in [0, 0.1) is 13.8 Å². The van der Waals surface area contributed by atoms with Gasteiger partial charge in [-0.05, 0) is 56.4 Å². The summed E-state index contributed by atoms with van der Waals surface area (Å²) in [6.45, 7) is 5.31. The Kier molecular flexibility index (Phi) is 5.30. The first-order valence-corrected chi connectivity index (χ1v) is 9.80. The first-order chi connectivity index (χ1) is 13.2. The highest BCUT2D eigenvalue weighted by Crippen LogP contribution is 2.41. The third kappa shape index (κ3) is 3.78. The minimum absolute atomic E-state index is 0.328. The summed E-state index contributed by atoms with van der Waals surface area (Å²) in [5.74, 6) is 0. The minimum atomic E-state index is 0.328. The zero-order chi connectivity index (χ0) is 18.6. The molecule has 0 aliphatic carbocycles. The summed E-state index contributed by atoms with van der Waals surface area (Å²) < 4.78 is 0. The van der Waals surface area contributed by atoms with Crippen molar-refractivity contribution >= 4 is 0 Å². The Morgan fingerprint density at radius 3 is 2.15 bits per heavy atom. The van der Waals surface area contributed by atoms with Gasteiger partial charge in [-0.2, -0.15) is 0 Å². The van der Waals surface area contributed by atoms with Gasteiger partial charge in [0.2, 0.25) is 0 Å². The van der Waals surface area contributed by atoms with Crippen molar-refractivity contribution in [2.45, 2.75) is 51.6 Å². The second-order valence-electron chi connectivity index (χ2n) is 7.44. The number of hydrogen-bond donors (Lipinski definition) is 1. The van der Waals surface area contributed by atoms with Gasteiger partial charge >= 0.3 is 0 Å². The number of piperidine rings is 1. The van der Waals surface area contributed by atoms with Crippen LogP contribution in [0.1, 0.15) is 59.6 Å². The van der Waals surface area contributed by atoms with Gasteiger partial charge in [0.1, 0.15) is 0 Å². The molecule has 0 bridgehead atoms. The Hall–Kier alpha value is -2.53. The number of aryl methyl sites for hydroxylation is 2. The number of H-pyrrole nitrogens is 1. The van der Waals surface area contributed by atoms with Crippen LogP contribution in [0.15, 0.2) is 49.2 Å². The van der Waals surface area contributed by atoms with Gasteiger partial charge in [-0.3, -0.25) is 14.9 Å². The molecule has 5 heteroatoms. The molecule has 2 atom stereocenters. The zero-order valence-electron chi connectivity index (χ0n) is 16.1. The molecular weight excluding hydrogens is 334 g/mol. The SMILES string of the molecule is Cc1cccnc1C1CCC[C@H](c2ncccc2C)N1CCc1cnc[nH]1. The van der Waals surface area contributed by atoms with E-state index in [2.05, 4.69) is 40.8 Å². The van der Waals surface area contributed by atoms with Crippen LogP contribution in [0.2, 0.25) is 0 Å². The number of pyridine rings is 2. The Bertz CT molecular complexity index is 820. The molecule has 0 aromatic carbocycles. The third-order valence-electron chi connectivity index (χ3n) is 5.68. The lowest BCUT2D eigenvalue weighted by atomic mass is 9.88. The van der Waals surface area contributed by atoms with Crippen molar-refractivity contribution in [2.24, 2.45) is 0 Å².